The van der Waals surface area contributed by atoms with E-state index in [0.29, 0.717) is 22.9 Å². The molecular formula is C19H20ClNO3. The van der Waals surface area contributed by atoms with Crippen LogP contribution in [0, 0.1) is 6.92 Å². The number of carbonyl (C=O) groups is 1. The molecule has 1 aliphatic rings. The van der Waals surface area contributed by atoms with Crippen molar-refractivity contribution in [1.82, 2.24) is 0 Å². The summed E-state index contributed by atoms with van der Waals surface area (Å²) >= 11 is 6.01. The molecular weight excluding hydrogens is 326 g/mol. The number of nitrogens with zero attached hydrogens (tertiary/aromatic N) is 1. The molecule has 1 amide bonds. The molecule has 0 bridgehead atoms. The van der Waals surface area contributed by atoms with Gasteiger partial charge in [-0.15, -0.1) is 0 Å². The van der Waals surface area contributed by atoms with Crippen LogP contribution < -0.4 is 14.4 Å². The number of methoxy groups -OCH3 is 2. The zero-order chi connectivity index (χ0) is 17.3. The van der Waals surface area contributed by atoms with Crippen molar-refractivity contribution in [3.8, 4) is 11.5 Å². The van der Waals surface area contributed by atoms with Gasteiger partial charge in [-0.2, -0.15) is 0 Å². The van der Waals surface area contributed by atoms with Gasteiger partial charge < -0.3 is 14.4 Å². The average molecular weight is 346 g/mol. The summed E-state index contributed by atoms with van der Waals surface area (Å²) in [7, 11) is 3.17. The van der Waals surface area contributed by atoms with Gasteiger partial charge in [-0.3, -0.25) is 4.79 Å². The maximum absolute atomic E-state index is 13.2. The second-order valence-electron chi connectivity index (χ2n) is 5.82. The Morgan fingerprint density at radius 2 is 1.88 bits per heavy atom. The monoisotopic (exact) mass is 345 g/mol. The van der Waals surface area contributed by atoms with Crippen molar-refractivity contribution >= 4 is 23.2 Å². The van der Waals surface area contributed by atoms with Crippen LogP contribution in [-0.4, -0.2) is 26.7 Å². The fourth-order valence-corrected chi connectivity index (χ4v) is 3.37. The normalized spacial score (nSPS) is 13.4. The zero-order valence-electron chi connectivity index (χ0n) is 14.1. The fraction of sp³-hybridized carbons (Fsp3) is 0.316. The van der Waals surface area contributed by atoms with Gasteiger partial charge in [0.25, 0.3) is 5.91 Å². The van der Waals surface area contributed by atoms with E-state index >= 15 is 0 Å². The molecule has 126 valence electrons. The van der Waals surface area contributed by atoms with Gasteiger partial charge in [0, 0.05) is 11.6 Å². The summed E-state index contributed by atoms with van der Waals surface area (Å²) < 4.78 is 10.9. The number of anilines is 1. The van der Waals surface area contributed by atoms with Gasteiger partial charge in [0.1, 0.15) is 11.5 Å². The second-order valence-corrected chi connectivity index (χ2v) is 6.25. The minimum absolute atomic E-state index is 0.103. The van der Waals surface area contributed by atoms with Crippen molar-refractivity contribution in [1.29, 1.82) is 0 Å². The molecule has 24 heavy (non-hydrogen) atoms. The number of ether oxygens (including phenoxy) is 2. The predicted molar refractivity (Wildman–Crippen MR) is 95.7 cm³/mol. The van der Waals surface area contributed by atoms with Crippen molar-refractivity contribution in [2.75, 3.05) is 25.7 Å². The Kier molecular flexibility index (Phi) is 4.67. The van der Waals surface area contributed by atoms with Crippen LogP contribution in [0.15, 0.2) is 30.3 Å². The lowest BCUT2D eigenvalue weighted by Gasteiger charge is -2.32. The number of fused-ring (bicyclic) bond motifs is 1. The van der Waals surface area contributed by atoms with Crippen molar-refractivity contribution in [2.45, 2.75) is 19.8 Å². The molecule has 0 fully saturated rings. The highest BCUT2D eigenvalue weighted by Gasteiger charge is 2.29. The van der Waals surface area contributed by atoms with Gasteiger partial charge in [0.2, 0.25) is 0 Å². The molecule has 0 unspecified atom stereocenters. The Morgan fingerprint density at radius 1 is 1.12 bits per heavy atom. The van der Waals surface area contributed by atoms with Gasteiger partial charge in [-0.25, -0.2) is 0 Å². The molecule has 0 saturated heterocycles. The van der Waals surface area contributed by atoms with E-state index in [-0.39, 0.29) is 5.91 Å². The summed E-state index contributed by atoms with van der Waals surface area (Å²) in [6.07, 6.45) is 1.86. The molecule has 2 aromatic rings. The number of rotatable bonds is 3. The van der Waals surface area contributed by atoms with Gasteiger partial charge in [0.05, 0.1) is 25.5 Å². The van der Waals surface area contributed by atoms with Crippen LogP contribution in [-0.2, 0) is 6.42 Å². The van der Waals surface area contributed by atoms with E-state index in [9.17, 15) is 4.79 Å². The maximum Gasteiger partial charge on any atom is 0.262 e. The Bertz CT molecular complexity index is 788. The predicted octanol–water partition coefficient (Wildman–Crippen LogP) is 4.26. The van der Waals surface area contributed by atoms with E-state index in [1.807, 2.05) is 12.1 Å². The molecule has 0 atom stereocenters. The van der Waals surface area contributed by atoms with E-state index in [0.717, 1.165) is 24.3 Å². The summed E-state index contributed by atoms with van der Waals surface area (Å²) in [6.45, 7) is 2.71. The largest absolute Gasteiger partial charge is 0.496 e. The number of hydrogen-bond acceptors (Lipinski definition) is 3. The summed E-state index contributed by atoms with van der Waals surface area (Å²) in [4.78, 5) is 15.0. The number of aryl methyl sites for hydroxylation is 1. The summed E-state index contributed by atoms with van der Waals surface area (Å²) in [6, 6.07) is 9.02. The van der Waals surface area contributed by atoms with Crippen LogP contribution in [0.4, 0.5) is 5.69 Å². The third kappa shape index (κ3) is 2.82. The second kappa shape index (κ2) is 6.73. The third-order valence-corrected chi connectivity index (χ3v) is 4.65. The maximum atomic E-state index is 13.2. The molecule has 0 aromatic heterocycles. The highest BCUT2D eigenvalue weighted by molar-refractivity contribution is 6.31. The number of amides is 1. The highest BCUT2D eigenvalue weighted by atomic mass is 35.5. The molecule has 1 aliphatic heterocycles. The Balaban J connectivity index is 2.10. The van der Waals surface area contributed by atoms with Crippen LogP contribution in [0.5, 0.6) is 11.5 Å². The molecule has 0 spiro atoms. The molecule has 3 rings (SSSR count). The molecule has 0 saturated carbocycles. The fourth-order valence-electron chi connectivity index (χ4n) is 3.21. The van der Waals surface area contributed by atoms with Gasteiger partial charge in [-0.05, 0) is 55.2 Å². The van der Waals surface area contributed by atoms with Crippen LogP contribution in [0.25, 0.3) is 0 Å². The molecule has 0 N–H and O–H groups in total. The Hall–Kier alpha value is -2.20. The van der Waals surface area contributed by atoms with Crippen LogP contribution >= 0.6 is 11.6 Å². The third-order valence-electron chi connectivity index (χ3n) is 4.42. The molecule has 2 aromatic carbocycles. The first-order chi connectivity index (χ1) is 11.6. The lowest BCUT2D eigenvalue weighted by Crippen LogP contribution is -2.36. The topological polar surface area (TPSA) is 38.8 Å². The first-order valence-electron chi connectivity index (χ1n) is 7.88. The molecule has 4 nitrogen and oxygen atoms in total. The smallest absolute Gasteiger partial charge is 0.262 e. The molecule has 1 heterocycles. The number of benzene rings is 2. The van der Waals surface area contributed by atoms with E-state index in [2.05, 4.69) is 6.92 Å². The average Bonchev–Trinajstić information content (AvgIpc) is 2.61. The van der Waals surface area contributed by atoms with Crippen molar-refractivity contribution < 1.29 is 14.3 Å². The zero-order valence-corrected chi connectivity index (χ0v) is 14.8. The van der Waals surface area contributed by atoms with Gasteiger partial charge in [-0.1, -0.05) is 17.7 Å². The van der Waals surface area contributed by atoms with Gasteiger partial charge in [0.15, 0.2) is 0 Å². The van der Waals surface area contributed by atoms with Crippen molar-refractivity contribution in [3.05, 3.63) is 52.0 Å². The standard InChI is InChI=1S/C19H20ClNO3/c1-12-6-9-16(23-2)18-14(12)5-4-10-21(18)19(22)15-8-7-13(20)11-17(15)24-3/h6-9,11H,4-5,10H2,1-3H3. The van der Waals surface area contributed by atoms with E-state index in [4.69, 9.17) is 21.1 Å². The minimum Gasteiger partial charge on any atom is -0.496 e. The minimum atomic E-state index is -0.103. The quantitative estimate of drug-likeness (QED) is 0.834. The molecule has 5 heteroatoms. The van der Waals surface area contributed by atoms with E-state index in [1.165, 1.54) is 18.2 Å². The first kappa shape index (κ1) is 16.7. The van der Waals surface area contributed by atoms with Crippen molar-refractivity contribution in [2.24, 2.45) is 0 Å². The lowest BCUT2D eigenvalue weighted by atomic mass is 9.95. The highest BCUT2D eigenvalue weighted by Crippen LogP contribution is 2.39. The van der Waals surface area contributed by atoms with E-state index < -0.39 is 0 Å². The molecule has 0 radical (unpaired) electrons. The number of hydrogen-bond donors (Lipinski definition) is 0. The van der Waals surface area contributed by atoms with Crippen LogP contribution in [0.3, 0.4) is 0 Å². The SMILES string of the molecule is COc1cc(Cl)ccc1C(=O)N1CCCc2c(C)ccc(OC)c21. The Morgan fingerprint density at radius 3 is 2.58 bits per heavy atom. The first-order valence-corrected chi connectivity index (χ1v) is 8.26. The molecule has 0 aliphatic carbocycles. The lowest BCUT2D eigenvalue weighted by molar-refractivity contribution is 0.0981. The number of carbonyl (C=O) groups excluding carboxylic acids is 1. The summed E-state index contributed by atoms with van der Waals surface area (Å²) in [5, 5.41) is 0.538. The summed E-state index contributed by atoms with van der Waals surface area (Å²) in [5.41, 5.74) is 3.71. The Labute approximate surface area is 146 Å². The van der Waals surface area contributed by atoms with Crippen LogP contribution in [0.1, 0.15) is 27.9 Å². The number of halogens is 1. The summed E-state index contributed by atoms with van der Waals surface area (Å²) in [5.74, 6) is 1.09. The van der Waals surface area contributed by atoms with Crippen molar-refractivity contribution in [3.63, 3.8) is 0 Å². The van der Waals surface area contributed by atoms with Gasteiger partial charge >= 0.3 is 0 Å². The van der Waals surface area contributed by atoms with E-state index in [1.54, 1.807) is 30.2 Å². The van der Waals surface area contributed by atoms with Crippen LogP contribution in [0.2, 0.25) is 5.02 Å².